The summed E-state index contributed by atoms with van der Waals surface area (Å²) in [6.07, 6.45) is 0. The Morgan fingerprint density at radius 2 is 0.903 bits per heavy atom. The molecule has 3 aromatic rings. The lowest BCUT2D eigenvalue weighted by atomic mass is 9.81. The molecule has 0 aliphatic rings. The number of hydrogen-bond donors (Lipinski definition) is 0. The Balaban J connectivity index is 2.87. The Labute approximate surface area is 190 Å². The molecule has 0 atom stereocenters. The van der Waals surface area contributed by atoms with E-state index in [2.05, 4.69) is 102 Å². The second-order valence-electron chi connectivity index (χ2n) is 12.3. The first-order valence-corrected chi connectivity index (χ1v) is 12.6. The molecule has 1 aromatic heterocycles. The quantitative estimate of drug-likeness (QED) is 0.347. The molecule has 0 N–H and O–H groups in total. The minimum Gasteiger partial charge on any atom is -0.418 e. The van der Waals surface area contributed by atoms with Gasteiger partial charge in [-0.1, -0.05) is 53.7 Å². The van der Waals surface area contributed by atoms with Gasteiger partial charge in [-0.25, -0.2) is 0 Å². The smallest absolute Gasteiger partial charge is 0.222 e. The first kappa shape index (κ1) is 24.0. The van der Waals surface area contributed by atoms with Gasteiger partial charge in [-0.3, -0.25) is 0 Å². The summed E-state index contributed by atoms with van der Waals surface area (Å²) in [5.74, 6) is 0. The highest BCUT2D eigenvalue weighted by Gasteiger charge is 2.29. The summed E-state index contributed by atoms with van der Waals surface area (Å²) in [6, 6.07) is 4.65. The molecule has 0 aliphatic carbocycles. The average molecular weight is 441 g/mol. The maximum absolute atomic E-state index is 6.90. The second kappa shape index (κ2) is 7.45. The zero-order valence-corrected chi connectivity index (χ0v) is 22.8. The minimum absolute atomic E-state index is 0.0312. The Morgan fingerprint density at radius 3 is 1.16 bits per heavy atom. The van der Waals surface area contributed by atoms with Gasteiger partial charge in [-0.2, -0.15) is 0 Å². The third kappa shape index (κ3) is 4.21. The normalized spacial score (nSPS) is 13.3. The third-order valence-electron chi connectivity index (χ3n) is 6.36. The predicted molar refractivity (Wildman–Crippen MR) is 138 cm³/mol. The van der Waals surface area contributed by atoms with Gasteiger partial charge in [0.25, 0.3) is 0 Å². The number of fused-ring (bicyclic) bond motifs is 3. The van der Waals surface area contributed by atoms with E-state index in [1.54, 1.807) is 0 Å². The SMILES string of the molecule is Cc1cc(C(C)(C)C)c2op(C(C)(C)C)oc3c(C(C)(C)C)cc(C)c(C)c3c2c1C. The van der Waals surface area contributed by atoms with E-state index in [0.29, 0.717) is 0 Å². The van der Waals surface area contributed by atoms with E-state index in [0.717, 1.165) is 11.2 Å². The zero-order chi connectivity index (χ0) is 23.7. The van der Waals surface area contributed by atoms with Gasteiger partial charge in [0.15, 0.2) is 0 Å². The van der Waals surface area contributed by atoms with Crippen LogP contribution in [-0.4, -0.2) is 0 Å². The molecule has 0 radical (unpaired) electrons. The lowest BCUT2D eigenvalue weighted by Crippen LogP contribution is -2.13. The van der Waals surface area contributed by atoms with E-state index in [1.807, 2.05) is 0 Å². The van der Waals surface area contributed by atoms with Gasteiger partial charge >= 0.3 is 0 Å². The molecule has 31 heavy (non-hydrogen) atoms. The Kier molecular flexibility index (Phi) is 5.76. The topological polar surface area (TPSA) is 26.3 Å². The van der Waals surface area contributed by atoms with E-state index in [9.17, 15) is 0 Å². The molecule has 0 spiro atoms. The van der Waals surface area contributed by atoms with Crippen molar-refractivity contribution in [2.24, 2.45) is 0 Å². The molecule has 170 valence electrons. The van der Waals surface area contributed by atoms with Crippen molar-refractivity contribution in [2.45, 2.75) is 106 Å². The van der Waals surface area contributed by atoms with Crippen LogP contribution in [0, 0.1) is 27.7 Å². The highest BCUT2D eigenvalue weighted by Crippen LogP contribution is 2.51. The van der Waals surface area contributed by atoms with Crippen molar-refractivity contribution >= 4 is 30.0 Å². The standard InChI is InChI=1S/C28H41O2P/c1-16-14-20(26(5,6)7)24-22(18(16)3)23-19(4)17(2)15-21(27(8,9)10)25(23)30-31(29-24)28(11,12)13/h14-15H,1-13H3. The maximum atomic E-state index is 6.90. The largest absolute Gasteiger partial charge is 0.418 e. The first-order chi connectivity index (χ1) is 13.9. The maximum Gasteiger partial charge on any atom is 0.222 e. The number of benzene rings is 2. The second-order valence-corrected chi connectivity index (χ2v) is 14.5. The van der Waals surface area contributed by atoms with E-state index in [1.165, 1.54) is 44.2 Å². The van der Waals surface area contributed by atoms with Crippen LogP contribution in [0.15, 0.2) is 20.5 Å². The summed E-state index contributed by atoms with van der Waals surface area (Å²) >= 11 is 0. The van der Waals surface area contributed by atoms with Crippen molar-refractivity contribution < 1.29 is 8.39 Å². The van der Waals surface area contributed by atoms with Crippen LogP contribution in [0.3, 0.4) is 0 Å². The van der Waals surface area contributed by atoms with Crippen LogP contribution in [0.4, 0.5) is 0 Å². The Hall–Kier alpha value is -1.66. The fourth-order valence-electron chi connectivity index (χ4n) is 4.15. The van der Waals surface area contributed by atoms with Crippen LogP contribution >= 0.6 is 8.01 Å². The number of rotatable bonds is 0. The Bertz CT molecular complexity index is 1120. The summed E-state index contributed by atoms with van der Waals surface area (Å²) in [6.45, 7) is 29.2. The zero-order valence-electron chi connectivity index (χ0n) is 21.9. The van der Waals surface area contributed by atoms with E-state index in [-0.39, 0.29) is 16.0 Å². The van der Waals surface area contributed by atoms with Crippen LogP contribution in [0.2, 0.25) is 0 Å². The molecular weight excluding hydrogens is 399 g/mol. The van der Waals surface area contributed by atoms with Gasteiger partial charge in [0, 0.05) is 21.9 Å². The molecule has 0 aliphatic heterocycles. The van der Waals surface area contributed by atoms with Gasteiger partial charge in [-0.15, -0.1) is 0 Å². The molecule has 3 heteroatoms. The lowest BCUT2D eigenvalue weighted by molar-refractivity contribution is 0.539. The van der Waals surface area contributed by atoms with Gasteiger partial charge < -0.3 is 8.39 Å². The molecule has 0 amide bonds. The van der Waals surface area contributed by atoms with E-state index in [4.69, 9.17) is 8.39 Å². The van der Waals surface area contributed by atoms with Crippen LogP contribution in [0.5, 0.6) is 0 Å². The van der Waals surface area contributed by atoms with Crippen molar-refractivity contribution in [3.63, 3.8) is 0 Å². The minimum atomic E-state index is -1.18. The summed E-state index contributed by atoms with van der Waals surface area (Å²) in [5.41, 5.74) is 9.67. The molecule has 0 unspecified atom stereocenters. The first-order valence-electron chi connectivity index (χ1n) is 11.4. The Morgan fingerprint density at radius 1 is 0.581 bits per heavy atom. The van der Waals surface area contributed by atoms with Gasteiger partial charge in [-0.05, 0) is 81.5 Å². The van der Waals surface area contributed by atoms with Gasteiger partial charge in [0.1, 0.15) is 11.2 Å². The molecule has 2 nitrogen and oxygen atoms in total. The average Bonchev–Trinajstić information content (AvgIpc) is 2.76. The predicted octanol–water partition coefficient (Wildman–Crippen LogP) is 9.87. The molecule has 1 heterocycles. The summed E-state index contributed by atoms with van der Waals surface area (Å²) < 4.78 is 13.8. The van der Waals surface area contributed by atoms with Gasteiger partial charge in [0.05, 0.1) is 5.16 Å². The highest BCUT2D eigenvalue weighted by atomic mass is 31.1. The number of aryl methyl sites for hydroxylation is 4. The van der Waals surface area contributed by atoms with E-state index >= 15 is 0 Å². The fourth-order valence-corrected chi connectivity index (χ4v) is 5.45. The lowest BCUT2D eigenvalue weighted by Gasteiger charge is -2.23. The molecule has 2 aromatic carbocycles. The molecule has 0 saturated heterocycles. The van der Waals surface area contributed by atoms with Crippen LogP contribution < -0.4 is 0 Å². The summed E-state index contributed by atoms with van der Waals surface area (Å²) in [7, 11) is -1.18. The van der Waals surface area contributed by atoms with Crippen molar-refractivity contribution in [3.05, 3.63) is 45.5 Å². The van der Waals surface area contributed by atoms with Gasteiger partial charge in [0.2, 0.25) is 8.01 Å². The summed E-state index contributed by atoms with van der Waals surface area (Å²) in [4.78, 5) is 0. The van der Waals surface area contributed by atoms with Crippen molar-refractivity contribution in [1.82, 2.24) is 0 Å². The highest BCUT2D eigenvalue weighted by molar-refractivity contribution is 7.38. The van der Waals surface area contributed by atoms with Crippen LogP contribution in [0.25, 0.3) is 21.9 Å². The fraction of sp³-hybridized carbons (Fsp3) is 0.571. The molecule has 3 rings (SSSR count). The molecular formula is C28H41O2P. The summed E-state index contributed by atoms with van der Waals surface area (Å²) in [5, 5.41) is 2.33. The molecule has 0 saturated carbocycles. The van der Waals surface area contributed by atoms with E-state index < -0.39 is 8.01 Å². The third-order valence-corrected chi connectivity index (χ3v) is 8.15. The van der Waals surface area contributed by atoms with Crippen molar-refractivity contribution in [1.29, 1.82) is 0 Å². The van der Waals surface area contributed by atoms with Crippen LogP contribution in [0.1, 0.15) is 95.7 Å². The van der Waals surface area contributed by atoms with Crippen molar-refractivity contribution in [3.8, 4) is 0 Å². The monoisotopic (exact) mass is 440 g/mol. The molecule has 0 fully saturated rings. The van der Waals surface area contributed by atoms with Crippen LogP contribution in [-0.2, 0) is 16.0 Å². The number of hydrogen-bond acceptors (Lipinski definition) is 2. The van der Waals surface area contributed by atoms with Crippen molar-refractivity contribution in [2.75, 3.05) is 0 Å². The molecule has 0 bridgehead atoms.